The van der Waals surface area contributed by atoms with E-state index in [0.717, 1.165) is 44.3 Å². The molecule has 24 heavy (non-hydrogen) atoms. The average molecular weight is 335 g/mol. The summed E-state index contributed by atoms with van der Waals surface area (Å²) in [4.78, 5) is 8.20. The Morgan fingerprint density at radius 3 is 2.29 bits per heavy atom. The molecule has 1 N–H and O–H groups in total. The quantitative estimate of drug-likeness (QED) is 0.532. The van der Waals surface area contributed by atoms with E-state index in [1.165, 1.54) is 0 Å². The largest absolute Gasteiger partial charge is 0.497 e. The molecule has 4 rings (SSSR count). The number of fused-ring (bicyclic) bond motifs is 1. The maximum absolute atomic E-state index is 5.99. The van der Waals surface area contributed by atoms with Gasteiger partial charge in [0.15, 0.2) is 0 Å². The Morgan fingerprint density at radius 1 is 0.875 bits per heavy atom. The molecule has 4 aromatic rings. The molecule has 0 amide bonds. The van der Waals surface area contributed by atoms with E-state index in [2.05, 4.69) is 11.1 Å². The number of rotatable bonds is 3. The number of para-hydroxylation sites is 1. The van der Waals surface area contributed by atoms with Crippen LogP contribution in [0.4, 0.5) is 0 Å². The summed E-state index contributed by atoms with van der Waals surface area (Å²) in [7, 11) is 1.66. The third-order valence-electron chi connectivity index (χ3n) is 4.03. The fraction of sp³-hybridized carbons (Fsp3) is 0.0500. The first-order valence-electron chi connectivity index (χ1n) is 7.64. The Bertz CT molecular complexity index is 989. The number of nitrogens with one attached hydrogen (secondary N) is 1. The summed E-state index contributed by atoms with van der Waals surface area (Å²) in [5, 5.41) is 0.729. The normalized spacial score (nSPS) is 10.9. The van der Waals surface area contributed by atoms with Crippen molar-refractivity contribution >= 4 is 22.6 Å². The zero-order chi connectivity index (χ0) is 16.5. The first-order valence-corrected chi connectivity index (χ1v) is 8.01. The Balaban J connectivity index is 1.83. The monoisotopic (exact) mass is 334 g/mol. The molecular formula is C20H15ClN2O. The lowest BCUT2D eigenvalue weighted by Gasteiger charge is -2.02. The predicted molar refractivity (Wildman–Crippen MR) is 98.5 cm³/mol. The minimum atomic E-state index is 0.729. The molecule has 0 saturated carbocycles. The zero-order valence-electron chi connectivity index (χ0n) is 13.1. The molecule has 0 atom stereocenters. The number of aromatic nitrogens is 2. The average Bonchev–Trinajstić information content (AvgIpc) is 3.07. The van der Waals surface area contributed by atoms with Crippen molar-refractivity contribution in [3.63, 3.8) is 0 Å². The third-order valence-corrected chi connectivity index (χ3v) is 4.28. The van der Waals surface area contributed by atoms with Crippen LogP contribution >= 0.6 is 11.6 Å². The van der Waals surface area contributed by atoms with Gasteiger partial charge in [-0.2, -0.15) is 0 Å². The van der Waals surface area contributed by atoms with Crippen LogP contribution < -0.4 is 4.74 Å². The van der Waals surface area contributed by atoms with Gasteiger partial charge in [-0.3, -0.25) is 0 Å². The Morgan fingerprint density at radius 2 is 1.58 bits per heavy atom. The number of halogens is 1. The molecule has 1 aromatic heterocycles. The third kappa shape index (κ3) is 2.63. The van der Waals surface area contributed by atoms with E-state index in [1.807, 2.05) is 60.7 Å². The van der Waals surface area contributed by atoms with Gasteiger partial charge in [0.25, 0.3) is 0 Å². The number of benzene rings is 3. The van der Waals surface area contributed by atoms with Gasteiger partial charge < -0.3 is 9.72 Å². The van der Waals surface area contributed by atoms with Crippen molar-refractivity contribution in [2.45, 2.75) is 0 Å². The van der Waals surface area contributed by atoms with Crippen molar-refractivity contribution in [2.24, 2.45) is 0 Å². The maximum atomic E-state index is 5.99. The fourth-order valence-electron chi connectivity index (χ4n) is 2.78. The molecule has 0 aliphatic rings. The molecule has 3 nitrogen and oxygen atoms in total. The van der Waals surface area contributed by atoms with Gasteiger partial charge in [0.2, 0.25) is 0 Å². The Hall–Kier alpha value is -2.78. The molecule has 0 aliphatic carbocycles. The van der Waals surface area contributed by atoms with E-state index in [1.54, 1.807) is 7.11 Å². The van der Waals surface area contributed by atoms with Gasteiger partial charge in [-0.05, 0) is 48.0 Å². The van der Waals surface area contributed by atoms with Crippen molar-refractivity contribution < 1.29 is 4.74 Å². The van der Waals surface area contributed by atoms with Crippen LogP contribution in [0.25, 0.3) is 33.5 Å². The van der Waals surface area contributed by atoms with Crippen molar-refractivity contribution in [1.82, 2.24) is 9.97 Å². The topological polar surface area (TPSA) is 37.9 Å². The lowest BCUT2D eigenvalue weighted by atomic mass is 10.0. The van der Waals surface area contributed by atoms with Gasteiger partial charge in [-0.1, -0.05) is 35.9 Å². The second kappa shape index (κ2) is 6.02. The van der Waals surface area contributed by atoms with Gasteiger partial charge in [0.05, 0.1) is 18.1 Å². The maximum Gasteiger partial charge on any atom is 0.138 e. The molecule has 0 bridgehead atoms. The van der Waals surface area contributed by atoms with Gasteiger partial charge in [0, 0.05) is 16.1 Å². The number of hydrogen-bond acceptors (Lipinski definition) is 2. The summed E-state index contributed by atoms with van der Waals surface area (Å²) in [6, 6.07) is 21.8. The lowest BCUT2D eigenvalue weighted by molar-refractivity contribution is 0.415. The van der Waals surface area contributed by atoms with Crippen LogP contribution in [0.15, 0.2) is 66.7 Å². The highest BCUT2D eigenvalue weighted by atomic mass is 35.5. The number of ether oxygens (including phenoxy) is 1. The minimum Gasteiger partial charge on any atom is -0.497 e. The van der Waals surface area contributed by atoms with Gasteiger partial charge in [0.1, 0.15) is 11.6 Å². The first-order chi connectivity index (χ1) is 11.7. The molecule has 0 saturated heterocycles. The summed E-state index contributed by atoms with van der Waals surface area (Å²) in [6.45, 7) is 0. The highest BCUT2D eigenvalue weighted by molar-refractivity contribution is 6.30. The molecule has 0 fully saturated rings. The summed E-state index contributed by atoms with van der Waals surface area (Å²) in [5.41, 5.74) is 5.16. The molecule has 4 heteroatoms. The number of imidazole rings is 1. The van der Waals surface area contributed by atoms with Crippen LogP contribution in [0.5, 0.6) is 5.75 Å². The van der Waals surface area contributed by atoms with E-state index in [4.69, 9.17) is 21.3 Å². The summed E-state index contributed by atoms with van der Waals surface area (Å²) in [5.74, 6) is 1.67. The molecule has 1 heterocycles. The van der Waals surface area contributed by atoms with Crippen LogP contribution in [-0.2, 0) is 0 Å². The molecular weight excluding hydrogens is 320 g/mol. The highest BCUT2D eigenvalue weighted by Crippen LogP contribution is 2.30. The number of aromatic amines is 1. The highest BCUT2D eigenvalue weighted by Gasteiger charge is 2.10. The number of methoxy groups -OCH3 is 1. The minimum absolute atomic E-state index is 0.729. The van der Waals surface area contributed by atoms with Crippen molar-refractivity contribution in [3.05, 3.63) is 71.8 Å². The molecule has 0 unspecified atom stereocenters. The van der Waals surface area contributed by atoms with E-state index in [9.17, 15) is 0 Å². The van der Waals surface area contributed by atoms with E-state index >= 15 is 0 Å². The summed E-state index contributed by atoms with van der Waals surface area (Å²) < 4.78 is 5.21. The SMILES string of the molecule is COc1ccc(-c2nc3c(-c4ccc(Cl)cc4)cccc3[nH]2)cc1. The molecule has 0 aliphatic heterocycles. The summed E-state index contributed by atoms with van der Waals surface area (Å²) >= 11 is 5.99. The lowest BCUT2D eigenvalue weighted by Crippen LogP contribution is -1.84. The van der Waals surface area contributed by atoms with Gasteiger partial charge in [-0.25, -0.2) is 4.98 Å². The smallest absolute Gasteiger partial charge is 0.138 e. The van der Waals surface area contributed by atoms with Crippen LogP contribution in [0, 0.1) is 0 Å². The Kier molecular flexibility index (Phi) is 3.71. The van der Waals surface area contributed by atoms with Crippen LogP contribution in [0.3, 0.4) is 0 Å². The van der Waals surface area contributed by atoms with Crippen LogP contribution in [0.2, 0.25) is 5.02 Å². The number of nitrogens with zero attached hydrogens (tertiary/aromatic N) is 1. The Labute approximate surface area is 144 Å². The van der Waals surface area contributed by atoms with Gasteiger partial charge >= 0.3 is 0 Å². The standard InChI is InChI=1S/C20H15ClN2O/c1-24-16-11-7-14(8-12-16)20-22-18-4-2-3-17(19(18)23-20)13-5-9-15(21)10-6-13/h2-12H,1H3,(H,22,23). The number of hydrogen-bond donors (Lipinski definition) is 1. The first kappa shape index (κ1) is 14.8. The van der Waals surface area contributed by atoms with Crippen LogP contribution in [-0.4, -0.2) is 17.1 Å². The molecule has 0 radical (unpaired) electrons. The molecule has 3 aromatic carbocycles. The van der Waals surface area contributed by atoms with E-state index < -0.39 is 0 Å². The second-order valence-corrected chi connectivity index (χ2v) is 5.96. The van der Waals surface area contributed by atoms with Crippen molar-refractivity contribution in [2.75, 3.05) is 7.11 Å². The predicted octanol–water partition coefficient (Wildman–Crippen LogP) is 5.56. The van der Waals surface area contributed by atoms with Crippen molar-refractivity contribution in [1.29, 1.82) is 0 Å². The zero-order valence-corrected chi connectivity index (χ0v) is 13.8. The van der Waals surface area contributed by atoms with Crippen molar-refractivity contribution in [3.8, 4) is 28.3 Å². The molecule has 118 valence electrons. The summed E-state index contributed by atoms with van der Waals surface area (Å²) in [6.07, 6.45) is 0. The van der Waals surface area contributed by atoms with E-state index in [-0.39, 0.29) is 0 Å². The number of H-pyrrole nitrogens is 1. The fourth-order valence-corrected chi connectivity index (χ4v) is 2.91. The second-order valence-electron chi connectivity index (χ2n) is 5.52. The molecule has 0 spiro atoms. The van der Waals surface area contributed by atoms with E-state index in [0.29, 0.717) is 0 Å². The van der Waals surface area contributed by atoms with Crippen LogP contribution in [0.1, 0.15) is 0 Å². The van der Waals surface area contributed by atoms with Gasteiger partial charge in [-0.15, -0.1) is 0 Å².